The summed E-state index contributed by atoms with van der Waals surface area (Å²) in [6.07, 6.45) is -12.5. The number of alkyl halides is 6. The lowest BCUT2D eigenvalue weighted by atomic mass is 9.99. The second-order valence-electron chi connectivity index (χ2n) is 4.71. The van der Waals surface area contributed by atoms with Crippen LogP contribution in [-0.4, -0.2) is 42.5 Å². The van der Waals surface area contributed by atoms with Crippen LogP contribution in [0.4, 0.5) is 26.3 Å². The van der Waals surface area contributed by atoms with E-state index in [1.165, 1.54) is 12.1 Å². The SMILES string of the molecule is O=C(NC(CS(=O)(=O)O)(C(F)(F)F)C(F)(F)F)c1cc(I)ccc1Br. The van der Waals surface area contributed by atoms with Gasteiger partial charge in [-0.2, -0.15) is 34.8 Å². The van der Waals surface area contributed by atoms with Gasteiger partial charge < -0.3 is 5.32 Å². The first kappa shape index (κ1) is 22.4. The average Bonchev–Trinajstić information content (AvgIpc) is 2.36. The van der Waals surface area contributed by atoms with E-state index in [0.717, 1.165) is 6.07 Å². The Bertz CT molecular complexity index is 766. The molecule has 1 rings (SSSR count). The van der Waals surface area contributed by atoms with Crippen LogP contribution in [0.2, 0.25) is 0 Å². The fraction of sp³-hybridized carbons (Fsp3) is 0.364. The summed E-state index contributed by atoms with van der Waals surface area (Å²) in [4.78, 5) is 12.0. The number of hydrogen-bond donors (Lipinski definition) is 2. The third kappa shape index (κ3) is 5.19. The molecule has 2 N–H and O–H groups in total. The Hall–Kier alpha value is -0.610. The van der Waals surface area contributed by atoms with E-state index in [2.05, 4.69) is 15.9 Å². The molecule has 14 heteroatoms. The van der Waals surface area contributed by atoms with Gasteiger partial charge in [0.2, 0.25) is 5.54 Å². The molecule has 142 valence electrons. The van der Waals surface area contributed by atoms with Crippen molar-refractivity contribution >= 4 is 54.5 Å². The van der Waals surface area contributed by atoms with Crippen LogP contribution in [0.1, 0.15) is 10.4 Å². The first-order valence-corrected chi connectivity index (χ1v) is 9.34. The highest BCUT2D eigenvalue weighted by Crippen LogP contribution is 2.44. The molecule has 1 amide bonds. The minimum Gasteiger partial charge on any atom is -0.329 e. The van der Waals surface area contributed by atoms with Crippen molar-refractivity contribution < 1.29 is 44.1 Å². The van der Waals surface area contributed by atoms with Crippen LogP contribution in [-0.2, 0) is 10.1 Å². The maximum atomic E-state index is 13.1. The lowest BCUT2D eigenvalue weighted by Crippen LogP contribution is -2.70. The van der Waals surface area contributed by atoms with E-state index in [0.29, 0.717) is 8.89 Å². The van der Waals surface area contributed by atoms with E-state index in [1.807, 2.05) is 0 Å². The Morgan fingerprint density at radius 3 is 2.04 bits per heavy atom. The lowest BCUT2D eigenvalue weighted by Gasteiger charge is -2.36. The molecule has 0 saturated heterocycles. The summed E-state index contributed by atoms with van der Waals surface area (Å²) in [6.45, 7) is 0. The van der Waals surface area contributed by atoms with Gasteiger partial charge in [-0.05, 0) is 56.7 Å². The van der Waals surface area contributed by atoms with Crippen molar-refractivity contribution in [3.8, 4) is 0 Å². The molecule has 1 aromatic rings. The largest absolute Gasteiger partial charge is 0.421 e. The lowest BCUT2D eigenvalue weighted by molar-refractivity contribution is -0.296. The van der Waals surface area contributed by atoms with Gasteiger partial charge in [0.25, 0.3) is 16.0 Å². The number of carbonyl (C=O) groups is 1. The summed E-state index contributed by atoms with van der Waals surface area (Å²) < 4.78 is 109. The highest BCUT2D eigenvalue weighted by atomic mass is 127. The van der Waals surface area contributed by atoms with Crippen molar-refractivity contribution in [2.24, 2.45) is 0 Å². The molecule has 0 aliphatic heterocycles. The standard InChI is InChI=1S/C11H7BrF6INO4S/c12-7-2-1-5(19)3-6(7)8(21)20-9(10(13,14)15,11(16,17)18)4-25(22,23)24/h1-3H,4H2,(H,20,21)(H,22,23,24). The predicted octanol–water partition coefficient (Wildman–Crippen LogP) is 3.53. The summed E-state index contributed by atoms with van der Waals surface area (Å²) in [5.41, 5.74) is -5.77. The normalized spacial score (nSPS) is 13.6. The van der Waals surface area contributed by atoms with Crippen LogP contribution >= 0.6 is 38.5 Å². The molecule has 0 aliphatic carbocycles. The monoisotopic (exact) mass is 569 g/mol. The van der Waals surface area contributed by atoms with E-state index in [9.17, 15) is 39.6 Å². The van der Waals surface area contributed by atoms with Crippen LogP contribution in [0, 0.1) is 3.57 Å². The van der Waals surface area contributed by atoms with E-state index in [4.69, 9.17) is 4.55 Å². The molecular formula is C11H7BrF6INO4S. The Morgan fingerprint density at radius 1 is 1.16 bits per heavy atom. The van der Waals surface area contributed by atoms with E-state index in [-0.39, 0.29) is 4.47 Å². The number of carbonyl (C=O) groups excluding carboxylic acids is 1. The summed E-state index contributed by atoms with van der Waals surface area (Å²) in [6, 6.07) is 3.62. The van der Waals surface area contributed by atoms with Crippen LogP contribution < -0.4 is 5.32 Å². The quantitative estimate of drug-likeness (QED) is 0.330. The van der Waals surface area contributed by atoms with Crippen LogP contribution in [0.15, 0.2) is 22.7 Å². The summed E-state index contributed by atoms with van der Waals surface area (Å²) in [7, 11) is -5.76. The molecule has 0 heterocycles. The Labute approximate surface area is 159 Å². The molecule has 0 bridgehead atoms. The molecular weight excluding hydrogens is 563 g/mol. The van der Waals surface area contributed by atoms with Gasteiger partial charge in [0.15, 0.2) is 0 Å². The van der Waals surface area contributed by atoms with Gasteiger partial charge in [0.05, 0.1) is 5.56 Å². The number of nitrogens with one attached hydrogen (secondary N) is 1. The van der Waals surface area contributed by atoms with E-state index in [1.54, 1.807) is 22.6 Å². The van der Waals surface area contributed by atoms with Gasteiger partial charge in [-0.3, -0.25) is 9.35 Å². The summed E-state index contributed by atoms with van der Waals surface area (Å²) in [5.74, 6) is -4.65. The summed E-state index contributed by atoms with van der Waals surface area (Å²) >= 11 is 4.47. The van der Waals surface area contributed by atoms with Gasteiger partial charge >= 0.3 is 12.4 Å². The molecule has 0 spiro atoms. The molecule has 0 fully saturated rings. The van der Waals surface area contributed by atoms with E-state index < -0.39 is 45.2 Å². The maximum Gasteiger partial charge on any atom is 0.421 e. The van der Waals surface area contributed by atoms with Gasteiger partial charge in [-0.15, -0.1) is 0 Å². The summed E-state index contributed by atoms with van der Waals surface area (Å²) in [5, 5.41) is 0.690. The van der Waals surface area contributed by atoms with Crippen molar-refractivity contribution in [2.45, 2.75) is 17.9 Å². The molecule has 5 nitrogen and oxygen atoms in total. The first-order chi connectivity index (χ1) is 11.0. The zero-order valence-electron chi connectivity index (χ0n) is 11.5. The Morgan fingerprint density at radius 2 is 1.64 bits per heavy atom. The van der Waals surface area contributed by atoms with Gasteiger partial charge in [0.1, 0.15) is 5.75 Å². The maximum absolute atomic E-state index is 13.1. The van der Waals surface area contributed by atoms with Crippen molar-refractivity contribution in [2.75, 3.05) is 5.75 Å². The third-order valence-corrected chi connectivity index (χ3v) is 5.03. The topological polar surface area (TPSA) is 83.5 Å². The fourth-order valence-electron chi connectivity index (χ4n) is 1.71. The Balaban J connectivity index is 3.53. The Kier molecular flexibility index (Phi) is 6.45. The fourth-order valence-corrected chi connectivity index (χ4v) is 3.57. The molecule has 0 radical (unpaired) electrons. The van der Waals surface area contributed by atoms with Crippen molar-refractivity contribution in [3.05, 3.63) is 31.8 Å². The molecule has 0 saturated carbocycles. The molecule has 0 aliphatic rings. The highest BCUT2D eigenvalue weighted by molar-refractivity contribution is 14.1. The number of amides is 1. The molecule has 0 aromatic heterocycles. The number of benzene rings is 1. The smallest absolute Gasteiger partial charge is 0.329 e. The van der Waals surface area contributed by atoms with Crippen LogP contribution in [0.3, 0.4) is 0 Å². The second kappa shape index (κ2) is 7.19. The third-order valence-electron chi connectivity index (χ3n) is 2.87. The first-order valence-electron chi connectivity index (χ1n) is 5.86. The van der Waals surface area contributed by atoms with Gasteiger partial charge in [-0.25, -0.2) is 0 Å². The zero-order valence-corrected chi connectivity index (χ0v) is 16.1. The molecule has 0 unspecified atom stereocenters. The number of halogens is 8. The van der Waals surface area contributed by atoms with Crippen molar-refractivity contribution in [1.82, 2.24) is 5.32 Å². The minimum atomic E-state index is -6.26. The van der Waals surface area contributed by atoms with Gasteiger partial charge in [-0.1, -0.05) is 0 Å². The molecule has 1 aromatic carbocycles. The predicted molar refractivity (Wildman–Crippen MR) is 85.6 cm³/mol. The second-order valence-corrected chi connectivity index (χ2v) is 8.26. The van der Waals surface area contributed by atoms with Crippen LogP contribution in [0.25, 0.3) is 0 Å². The number of hydrogen-bond acceptors (Lipinski definition) is 3. The van der Waals surface area contributed by atoms with Gasteiger partial charge in [0, 0.05) is 8.04 Å². The number of rotatable bonds is 4. The minimum absolute atomic E-state index is 0.115. The van der Waals surface area contributed by atoms with E-state index >= 15 is 0 Å². The van der Waals surface area contributed by atoms with Crippen molar-refractivity contribution in [3.63, 3.8) is 0 Å². The molecule has 0 atom stereocenters. The zero-order chi connectivity index (χ0) is 19.8. The molecule has 25 heavy (non-hydrogen) atoms. The van der Waals surface area contributed by atoms with Crippen LogP contribution in [0.5, 0.6) is 0 Å². The highest BCUT2D eigenvalue weighted by Gasteiger charge is 2.73. The van der Waals surface area contributed by atoms with Crippen molar-refractivity contribution in [1.29, 1.82) is 0 Å². The average molecular weight is 570 g/mol.